The normalized spacial score (nSPS) is 15.5. The summed E-state index contributed by atoms with van der Waals surface area (Å²) in [6, 6.07) is 7.17. The summed E-state index contributed by atoms with van der Waals surface area (Å²) in [7, 11) is 0. The Balaban J connectivity index is 2.07. The lowest BCUT2D eigenvalue weighted by atomic mass is 10.0. The average molecular weight is 332 g/mol. The second kappa shape index (κ2) is 6.48. The Morgan fingerprint density at radius 3 is 2.71 bits per heavy atom. The smallest absolute Gasteiger partial charge is 0.310 e. The molecule has 0 N–H and O–H groups in total. The second-order valence-corrected chi connectivity index (χ2v) is 5.66. The van der Waals surface area contributed by atoms with Crippen LogP contribution in [0.4, 0.5) is 13.2 Å². The summed E-state index contributed by atoms with van der Waals surface area (Å²) >= 11 is 0. The molecule has 0 fully saturated rings. The molecule has 24 heavy (non-hydrogen) atoms. The number of allylic oxidation sites excluding steroid dienone is 1. The van der Waals surface area contributed by atoms with Crippen LogP contribution in [-0.4, -0.2) is 14.8 Å². The Morgan fingerprint density at radius 2 is 1.96 bits per heavy atom. The van der Waals surface area contributed by atoms with E-state index in [2.05, 4.69) is 10.2 Å². The number of fused-ring (bicyclic) bond motifs is 1. The molecule has 0 saturated carbocycles. The first-order valence-electron chi connectivity index (χ1n) is 7.71. The van der Waals surface area contributed by atoms with E-state index in [1.54, 1.807) is 0 Å². The van der Waals surface area contributed by atoms with E-state index in [0.717, 1.165) is 37.6 Å². The Labute approximate surface area is 137 Å². The summed E-state index contributed by atoms with van der Waals surface area (Å²) < 4.78 is 41.2. The van der Waals surface area contributed by atoms with Gasteiger partial charge in [0.25, 0.3) is 0 Å². The lowest BCUT2D eigenvalue weighted by Crippen LogP contribution is -2.08. The number of nitrogens with zero attached hydrogens (tertiary/aromatic N) is 4. The Morgan fingerprint density at radius 1 is 1.17 bits per heavy atom. The van der Waals surface area contributed by atoms with Crippen LogP contribution in [0.2, 0.25) is 0 Å². The molecule has 4 nitrogen and oxygen atoms in total. The van der Waals surface area contributed by atoms with E-state index >= 15 is 0 Å². The molecule has 1 aliphatic heterocycles. The van der Waals surface area contributed by atoms with Crippen LogP contribution in [0.5, 0.6) is 0 Å². The largest absolute Gasteiger partial charge is 0.416 e. The number of aromatic nitrogens is 3. The molecule has 0 amide bonds. The zero-order chi connectivity index (χ0) is 17.2. The first-order chi connectivity index (χ1) is 11.5. The van der Waals surface area contributed by atoms with E-state index in [4.69, 9.17) is 0 Å². The van der Waals surface area contributed by atoms with Gasteiger partial charge < -0.3 is 4.57 Å². The van der Waals surface area contributed by atoms with E-state index < -0.39 is 11.7 Å². The number of nitriles is 1. The number of benzene rings is 1. The molecular weight excluding hydrogens is 317 g/mol. The minimum Gasteiger partial charge on any atom is -0.310 e. The lowest BCUT2D eigenvalue weighted by Gasteiger charge is -2.10. The fourth-order valence-electron chi connectivity index (χ4n) is 2.87. The van der Waals surface area contributed by atoms with Crippen molar-refractivity contribution in [2.45, 2.75) is 38.4 Å². The minimum atomic E-state index is -4.48. The van der Waals surface area contributed by atoms with Gasteiger partial charge in [-0.25, -0.2) is 0 Å². The number of aryl methyl sites for hydroxylation is 1. The van der Waals surface area contributed by atoms with Gasteiger partial charge in [-0.05, 0) is 30.5 Å². The van der Waals surface area contributed by atoms with E-state index in [0.29, 0.717) is 12.4 Å². The Kier molecular flexibility index (Phi) is 4.38. The summed E-state index contributed by atoms with van der Waals surface area (Å²) in [5, 5.41) is 17.6. The molecule has 124 valence electrons. The molecule has 0 unspecified atom stereocenters. The molecule has 2 aromatic rings. The summed E-state index contributed by atoms with van der Waals surface area (Å²) in [5.41, 5.74) is -0.728. The van der Waals surface area contributed by atoms with Crippen molar-refractivity contribution in [3.05, 3.63) is 47.0 Å². The van der Waals surface area contributed by atoms with Crippen LogP contribution >= 0.6 is 0 Å². The monoisotopic (exact) mass is 332 g/mol. The fourth-order valence-corrected chi connectivity index (χ4v) is 2.87. The van der Waals surface area contributed by atoms with Gasteiger partial charge in [0.05, 0.1) is 11.1 Å². The summed E-state index contributed by atoms with van der Waals surface area (Å²) in [6.45, 7) is 0.678. The van der Waals surface area contributed by atoms with Crippen molar-refractivity contribution in [2.24, 2.45) is 0 Å². The van der Waals surface area contributed by atoms with Gasteiger partial charge in [-0.2, -0.15) is 18.4 Å². The van der Waals surface area contributed by atoms with E-state index in [-0.39, 0.29) is 11.1 Å². The SMILES string of the molecule is N#C/C(=C\c1ccccc1C(F)(F)F)c1nnc2n1CCCCC2. The number of hydrogen-bond acceptors (Lipinski definition) is 3. The fraction of sp³-hybridized carbons (Fsp3) is 0.353. The van der Waals surface area contributed by atoms with E-state index in [1.807, 2.05) is 10.6 Å². The zero-order valence-corrected chi connectivity index (χ0v) is 12.8. The highest BCUT2D eigenvalue weighted by atomic mass is 19.4. The van der Waals surface area contributed by atoms with Crippen molar-refractivity contribution in [1.82, 2.24) is 14.8 Å². The predicted octanol–water partition coefficient (Wildman–Crippen LogP) is 4.09. The van der Waals surface area contributed by atoms with Crippen molar-refractivity contribution < 1.29 is 13.2 Å². The van der Waals surface area contributed by atoms with Crippen molar-refractivity contribution in [1.29, 1.82) is 5.26 Å². The maximum Gasteiger partial charge on any atom is 0.416 e. The number of halogens is 3. The number of hydrogen-bond donors (Lipinski definition) is 0. The van der Waals surface area contributed by atoms with Crippen LogP contribution in [0.1, 0.15) is 42.0 Å². The highest BCUT2D eigenvalue weighted by Crippen LogP contribution is 2.33. The van der Waals surface area contributed by atoms with Gasteiger partial charge in [0.15, 0.2) is 5.82 Å². The molecule has 0 bridgehead atoms. The molecule has 1 aliphatic rings. The minimum absolute atomic E-state index is 0.0486. The van der Waals surface area contributed by atoms with Gasteiger partial charge in [-0.15, -0.1) is 10.2 Å². The third-order valence-corrected chi connectivity index (χ3v) is 4.04. The first-order valence-corrected chi connectivity index (χ1v) is 7.71. The standard InChI is InChI=1S/C17H15F3N4/c18-17(19,20)14-7-4-3-6-12(14)10-13(11-21)16-23-22-15-8-2-1-5-9-24(15)16/h3-4,6-7,10H,1-2,5,8-9H2/b13-10+. The first kappa shape index (κ1) is 16.2. The lowest BCUT2D eigenvalue weighted by molar-refractivity contribution is -0.137. The van der Waals surface area contributed by atoms with Crippen LogP contribution in [0.3, 0.4) is 0 Å². The number of rotatable bonds is 2. The van der Waals surface area contributed by atoms with Crippen LogP contribution in [0, 0.1) is 11.3 Å². The van der Waals surface area contributed by atoms with Crippen molar-refractivity contribution >= 4 is 11.6 Å². The molecular formula is C17H15F3N4. The highest BCUT2D eigenvalue weighted by molar-refractivity contribution is 5.87. The molecule has 0 aliphatic carbocycles. The van der Waals surface area contributed by atoms with E-state index in [1.165, 1.54) is 24.3 Å². The van der Waals surface area contributed by atoms with Gasteiger partial charge in [-0.3, -0.25) is 0 Å². The molecule has 1 aromatic carbocycles. The molecule has 7 heteroatoms. The zero-order valence-electron chi connectivity index (χ0n) is 12.8. The van der Waals surface area contributed by atoms with Crippen molar-refractivity contribution in [3.63, 3.8) is 0 Å². The summed E-state index contributed by atoms with van der Waals surface area (Å²) in [4.78, 5) is 0. The summed E-state index contributed by atoms with van der Waals surface area (Å²) in [5.74, 6) is 1.12. The third-order valence-electron chi connectivity index (χ3n) is 4.04. The molecule has 1 aromatic heterocycles. The second-order valence-electron chi connectivity index (χ2n) is 5.66. The van der Waals surface area contributed by atoms with Crippen LogP contribution in [0.15, 0.2) is 24.3 Å². The van der Waals surface area contributed by atoms with Gasteiger partial charge in [0, 0.05) is 13.0 Å². The van der Waals surface area contributed by atoms with Crippen molar-refractivity contribution in [2.75, 3.05) is 0 Å². The average Bonchev–Trinajstić information content (AvgIpc) is 2.80. The molecule has 0 radical (unpaired) electrons. The quantitative estimate of drug-likeness (QED) is 0.779. The Hall–Kier alpha value is -2.62. The molecule has 3 rings (SSSR count). The molecule has 0 saturated heterocycles. The van der Waals surface area contributed by atoms with Gasteiger partial charge in [-0.1, -0.05) is 24.6 Å². The predicted molar refractivity (Wildman–Crippen MR) is 82.5 cm³/mol. The van der Waals surface area contributed by atoms with Crippen molar-refractivity contribution in [3.8, 4) is 6.07 Å². The van der Waals surface area contributed by atoms with Gasteiger partial charge >= 0.3 is 6.18 Å². The van der Waals surface area contributed by atoms with Gasteiger partial charge in [0.2, 0.25) is 0 Å². The topological polar surface area (TPSA) is 54.5 Å². The highest BCUT2D eigenvalue weighted by Gasteiger charge is 2.32. The molecule has 0 spiro atoms. The van der Waals surface area contributed by atoms with Crippen LogP contribution < -0.4 is 0 Å². The third kappa shape index (κ3) is 3.18. The maximum absolute atomic E-state index is 13.1. The summed E-state index contributed by atoms with van der Waals surface area (Å²) in [6.07, 6.45) is 0.535. The Bertz CT molecular complexity index is 812. The molecule has 0 atom stereocenters. The maximum atomic E-state index is 13.1. The van der Waals surface area contributed by atoms with Crippen LogP contribution in [0.25, 0.3) is 11.6 Å². The number of alkyl halides is 3. The van der Waals surface area contributed by atoms with E-state index in [9.17, 15) is 18.4 Å². The van der Waals surface area contributed by atoms with Gasteiger partial charge in [0.1, 0.15) is 11.9 Å². The van der Waals surface area contributed by atoms with Crippen LogP contribution in [-0.2, 0) is 19.1 Å². The molecule has 2 heterocycles.